The molecule has 0 saturated carbocycles. The van der Waals surface area contributed by atoms with Gasteiger partial charge in [-0.2, -0.15) is 26.3 Å². The molecule has 0 bridgehead atoms. The molecule has 1 amide bonds. The highest BCUT2D eigenvalue weighted by atomic mass is 19.4. The van der Waals surface area contributed by atoms with Gasteiger partial charge in [0.1, 0.15) is 11.7 Å². The monoisotopic (exact) mass is 500 g/mol. The van der Waals surface area contributed by atoms with E-state index in [2.05, 4.69) is 20.7 Å². The molecule has 13 heteroatoms. The molecule has 1 atom stereocenters. The molecule has 2 N–H and O–H groups in total. The molecule has 188 valence electrons. The van der Waals surface area contributed by atoms with E-state index in [1.165, 1.54) is 0 Å². The van der Waals surface area contributed by atoms with Crippen molar-refractivity contribution in [2.45, 2.75) is 18.4 Å². The van der Waals surface area contributed by atoms with Crippen LogP contribution in [0.4, 0.5) is 32.0 Å². The Bertz CT molecular complexity index is 1170. The van der Waals surface area contributed by atoms with Gasteiger partial charge in [0.2, 0.25) is 0 Å². The standard InChI is InChI=1S/C22H22F6N6O/c1-32-6-8-33(9-7-32)19(14-2-3-18-29-4-5-34(18)13-14)20(35)31-30-17-11-15(21(23,24)25)10-16(12-17)22(26,27)28/h2-5,10-13,19,30H,6-9H2,1H3,(H,31,35). The van der Waals surface area contributed by atoms with Gasteiger partial charge < -0.3 is 9.30 Å². The maximum absolute atomic E-state index is 13.2. The lowest BCUT2D eigenvalue weighted by atomic mass is 10.1. The first-order valence-electron chi connectivity index (χ1n) is 10.6. The Hall–Kier alpha value is -3.32. The van der Waals surface area contributed by atoms with Gasteiger partial charge in [-0.05, 0) is 36.9 Å². The Morgan fingerprint density at radius 2 is 1.60 bits per heavy atom. The molecule has 1 fully saturated rings. The molecule has 0 radical (unpaired) electrons. The SMILES string of the molecule is CN1CCN(C(C(=O)NNc2cc(C(F)(F)F)cc(C(F)(F)F)c2)c2ccc3nccn3c2)CC1. The van der Waals surface area contributed by atoms with E-state index in [4.69, 9.17) is 0 Å². The average Bonchev–Trinajstić information content (AvgIpc) is 3.26. The maximum atomic E-state index is 13.2. The Morgan fingerprint density at radius 1 is 0.971 bits per heavy atom. The van der Waals surface area contributed by atoms with Crippen LogP contribution in [-0.4, -0.2) is 58.3 Å². The fraction of sp³-hybridized carbons (Fsp3) is 0.364. The summed E-state index contributed by atoms with van der Waals surface area (Å²) in [7, 11) is 1.94. The zero-order chi connectivity index (χ0) is 25.4. The molecular weight excluding hydrogens is 478 g/mol. The Morgan fingerprint density at radius 3 is 2.20 bits per heavy atom. The summed E-state index contributed by atoms with van der Waals surface area (Å²) < 4.78 is 80.7. The number of benzene rings is 1. The van der Waals surface area contributed by atoms with Gasteiger partial charge in [-0.25, -0.2) is 4.98 Å². The molecule has 1 unspecified atom stereocenters. The van der Waals surface area contributed by atoms with Crippen molar-refractivity contribution < 1.29 is 31.1 Å². The number of halogens is 6. The van der Waals surface area contributed by atoms with Crippen LogP contribution >= 0.6 is 0 Å². The van der Waals surface area contributed by atoms with Crippen molar-refractivity contribution in [3.8, 4) is 0 Å². The van der Waals surface area contributed by atoms with Crippen molar-refractivity contribution >= 4 is 17.2 Å². The van der Waals surface area contributed by atoms with Crippen LogP contribution in [0.3, 0.4) is 0 Å². The number of likely N-dealkylation sites (N-methyl/N-ethyl adjacent to an activating group) is 1. The lowest BCUT2D eigenvalue weighted by Gasteiger charge is -2.37. The second-order valence-electron chi connectivity index (χ2n) is 8.31. The molecule has 4 rings (SSSR count). The van der Waals surface area contributed by atoms with Gasteiger partial charge in [-0.1, -0.05) is 6.07 Å². The van der Waals surface area contributed by atoms with Gasteiger partial charge in [0.15, 0.2) is 0 Å². The molecule has 0 spiro atoms. The van der Waals surface area contributed by atoms with Crippen LogP contribution < -0.4 is 10.9 Å². The van der Waals surface area contributed by atoms with Crippen molar-refractivity contribution in [2.75, 3.05) is 38.7 Å². The number of nitrogens with zero attached hydrogens (tertiary/aromatic N) is 4. The van der Waals surface area contributed by atoms with Crippen LogP contribution in [0, 0.1) is 0 Å². The average molecular weight is 500 g/mol. The summed E-state index contributed by atoms with van der Waals surface area (Å²) in [6, 6.07) is 3.66. The number of fused-ring (bicyclic) bond motifs is 1. The van der Waals surface area contributed by atoms with Crippen LogP contribution in [0.1, 0.15) is 22.7 Å². The summed E-state index contributed by atoms with van der Waals surface area (Å²) in [5, 5.41) is 0. The minimum absolute atomic E-state index is 0.0281. The second kappa shape index (κ2) is 9.38. The van der Waals surface area contributed by atoms with Crippen LogP contribution in [0.5, 0.6) is 0 Å². The van der Waals surface area contributed by atoms with Gasteiger partial charge >= 0.3 is 12.4 Å². The van der Waals surface area contributed by atoms with E-state index in [-0.39, 0.29) is 6.07 Å². The number of anilines is 1. The number of imidazole rings is 1. The van der Waals surface area contributed by atoms with E-state index in [0.717, 1.165) is 0 Å². The number of carbonyl (C=O) groups excluding carboxylic acids is 1. The predicted molar refractivity (Wildman–Crippen MR) is 115 cm³/mol. The molecule has 7 nitrogen and oxygen atoms in total. The molecular formula is C22H22F6N6O. The number of hydrazine groups is 1. The van der Waals surface area contributed by atoms with E-state index >= 15 is 0 Å². The molecule has 1 aliphatic rings. The number of alkyl halides is 6. The van der Waals surface area contributed by atoms with Crippen molar-refractivity contribution in [1.29, 1.82) is 0 Å². The molecule has 3 heterocycles. The van der Waals surface area contributed by atoms with Crippen molar-refractivity contribution in [1.82, 2.24) is 24.6 Å². The first-order valence-corrected chi connectivity index (χ1v) is 10.6. The summed E-state index contributed by atoms with van der Waals surface area (Å²) in [6.45, 7) is 2.46. The third kappa shape index (κ3) is 5.68. The number of nitrogens with one attached hydrogen (secondary N) is 2. The molecule has 1 saturated heterocycles. The quantitative estimate of drug-likeness (QED) is 0.412. The van der Waals surface area contributed by atoms with E-state index in [1.807, 2.05) is 11.9 Å². The fourth-order valence-corrected chi connectivity index (χ4v) is 3.94. The Kier molecular flexibility index (Phi) is 6.64. The molecule has 2 aromatic heterocycles. The third-order valence-electron chi connectivity index (χ3n) is 5.80. The summed E-state index contributed by atoms with van der Waals surface area (Å²) in [6.07, 6.45) is -4.97. The van der Waals surface area contributed by atoms with Crippen LogP contribution in [0.2, 0.25) is 0 Å². The summed E-state index contributed by atoms with van der Waals surface area (Å²) in [5.74, 6) is -0.625. The lowest BCUT2D eigenvalue weighted by molar-refractivity contribution is -0.143. The van der Waals surface area contributed by atoms with E-state index in [0.29, 0.717) is 49.5 Å². The predicted octanol–water partition coefficient (Wildman–Crippen LogP) is 3.80. The fourth-order valence-electron chi connectivity index (χ4n) is 3.94. The van der Waals surface area contributed by atoms with Gasteiger partial charge in [0.05, 0.1) is 16.8 Å². The molecule has 1 aliphatic heterocycles. The van der Waals surface area contributed by atoms with Crippen LogP contribution in [0.15, 0.2) is 48.9 Å². The number of hydrogen-bond donors (Lipinski definition) is 2. The highest BCUT2D eigenvalue weighted by Gasteiger charge is 2.37. The van der Waals surface area contributed by atoms with E-state index < -0.39 is 41.1 Å². The first-order chi connectivity index (χ1) is 16.4. The summed E-state index contributed by atoms with van der Waals surface area (Å²) in [5.41, 5.74) is 2.30. The van der Waals surface area contributed by atoms with Crippen LogP contribution in [-0.2, 0) is 17.1 Å². The smallest absolute Gasteiger partial charge is 0.307 e. The van der Waals surface area contributed by atoms with Crippen LogP contribution in [0.25, 0.3) is 5.65 Å². The molecule has 35 heavy (non-hydrogen) atoms. The molecule has 3 aromatic rings. The number of carbonyl (C=O) groups is 1. The number of rotatable bonds is 5. The topological polar surface area (TPSA) is 64.9 Å². The maximum Gasteiger partial charge on any atom is 0.416 e. The number of piperazine rings is 1. The van der Waals surface area contributed by atoms with E-state index in [9.17, 15) is 31.1 Å². The Balaban J connectivity index is 1.61. The largest absolute Gasteiger partial charge is 0.416 e. The van der Waals surface area contributed by atoms with Crippen molar-refractivity contribution in [3.05, 3.63) is 65.6 Å². The van der Waals surface area contributed by atoms with E-state index in [1.54, 1.807) is 35.1 Å². The zero-order valence-electron chi connectivity index (χ0n) is 18.5. The van der Waals surface area contributed by atoms with Gasteiger partial charge in [-0.15, -0.1) is 0 Å². The van der Waals surface area contributed by atoms with Gasteiger partial charge in [0, 0.05) is 44.8 Å². The summed E-state index contributed by atoms with van der Waals surface area (Å²) in [4.78, 5) is 21.4. The lowest BCUT2D eigenvalue weighted by Crippen LogP contribution is -2.50. The van der Waals surface area contributed by atoms with Gasteiger partial charge in [0.25, 0.3) is 5.91 Å². The molecule has 0 aliphatic carbocycles. The van der Waals surface area contributed by atoms with Crippen molar-refractivity contribution in [2.24, 2.45) is 0 Å². The first kappa shape index (κ1) is 24.8. The Labute approximate surface area is 196 Å². The van der Waals surface area contributed by atoms with Gasteiger partial charge in [-0.3, -0.25) is 20.5 Å². The zero-order valence-corrected chi connectivity index (χ0v) is 18.5. The highest BCUT2D eigenvalue weighted by Crippen LogP contribution is 2.37. The minimum Gasteiger partial charge on any atom is -0.307 e. The number of aromatic nitrogens is 2. The third-order valence-corrected chi connectivity index (χ3v) is 5.80. The number of amides is 1. The van der Waals surface area contributed by atoms with Crippen molar-refractivity contribution in [3.63, 3.8) is 0 Å². The second-order valence-corrected chi connectivity index (χ2v) is 8.31. The number of hydrogen-bond acceptors (Lipinski definition) is 5. The highest BCUT2D eigenvalue weighted by molar-refractivity contribution is 5.84. The number of pyridine rings is 1. The minimum atomic E-state index is -5.00. The molecule has 1 aromatic carbocycles. The summed E-state index contributed by atoms with van der Waals surface area (Å²) >= 11 is 0. The normalized spacial score (nSPS) is 16.9.